The molecule has 9 heteroatoms. The lowest BCUT2D eigenvalue weighted by atomic mass is 10.1. The maximum atomic E-state index is 12.2. The van der Waals surface area contributed by atoms with Gasteiger partial charge in [-0.2, -0.15) is 12.7 Å². The first kappa shape index (κ1) is 16.0. The van der Waals surface area contributed by atoms with Gasteiger partial charge in [-0.1, -0.05) is 0 Å². The normalized spacial score (nSPS) is 20.6. The highest BCUT2D eigenvalue weighted by atomic mass is 32.2. The van der Waals surface area contributed by atoms with E-state index in [1.807, 2.05) is 0 Å². The van der Waals surface area contributed by atoms with Crippen LogP contribution in [0.3, 0.4) is 0 Å². The van der Waals surface area contributed by atoms with Crippen LogP contribution in [0.1, 0.15) is 6.42 Å². The highest BCUT2D eigenvalue weighted by Gasteiger charge is 2.32. The Hall–Kier alpha value is -1.84. The Morgan fingerprint density at radius 1 is 1.30 bits per heavy atom. The minimum absolute atomic E-state index is 0.0297. The Labute approximate surface area is 135 Å². The van der Waals surface area contributed by atoms with Gasteiger partial charge in [-0.15, -0.1) is 0 Å². The lowest BCUT2D eigenvalue weighted by Gasteiger charge is -2.18. The molecular formula is C14H19N3O5S. The summed E-state index contributed by atoms with van der Waals surface area (Å²) in [6.45, 7) is 0.878. The van der Waals surface area contributed by atoms with Crippen LogP contribution in [-0.2, 0) is 15.0 Å². The quantitative estimate of drug-likeness (QED) is 0.824. The van der Waals surface area contributed by atoms with Crippen molar-refractivity contribution in [1.29, 1.82) is 0 Å². The van der Waals surface area contributed by atoms with E-state index >= 15 is 0 Å². The molecule has 23 heavy (non-hydrogen) atoms. The molecule has 0 spiro atoms. The van der Waals surface area contributed by atoms with Crippen LogP contribution in [0, 0.1) is 5.92 Å². The third-order valence-electron chi connectivity index (χ3n) is 3.91. The molecule has 0 aromatic heterocycles. The maximum absolute atomic E-state index is 12.2. The first-order valence-corrected chi connectivity index (χ1v) is 8.68. The fourth-order valence-corrected chi connectivity index (χ4v) is 3.28. The van der Waals surface area contributed by atoms with Crippen molar-refractivity contribution in [3.8, 4) is 11.5 Å². The van der Waals surface area contributed by atoms with Crippen molar-refractivity contribution in [2.45, 2.75) is 6.42 Å². The summed E-state index contributed by atoms with van der Waals surface area (Å²) in [5.41, 5.74) is 0.734. The Morgan fingerprint density at radius 2 is 2.04 bits per heavy atom. The number of carbonyl (C=O) groups is 1. The van der Waals surface area contributed by atoms with E-state index in [9.17, 15) is 13.2 Å². The summed E-state index contributed by atoms with van der Waals surface area (Å²) in [6, 6.07) is 5.34. The van der Waals surface area contributed by atoms with Gasteiger partial charge in [0, 0.05) is 45.4 Å². The summed E-state index contributed by atoms with van der Waals surface area (Å²) in [7, 11) is -0.558. The summed E-state index contributed by atoms with van der Waals surface area (Å²) in [6.07, 6.45) is 0.310. The van der Waals surface area contributed by atoms with Gasteiger partial charge in [0.2, 0.25) is 12.7 Å². The number of ether oxygens (including phenoxy) is 2. The lowest BCUT2D eigenvalue weighted by molar-refractivity contribution is -0.117. The average molecular weight is 341 g/mol. The number of benzene rings is 1. The first-order chi connectivity index (χ1) is 10.9. The number of fused-ring (bicyclic) bond motifs is 1. The lowest BCUT2D eigenvalue weighted by Crippen LogP contribution is -2.38. The van der Waals surface area contributed by atoms with E-state index in [2.05, 4.69) is 4.72 Å². The molecule has 0 radical (unpaired) electrons. The fourth-order valence-electron chi connectivity index (χ4n) is 2.57. The standard InChI is InChI=1S/C14H19N3O5S/c1-16(2)23(19,20)15-7-10-5-14(18)17(8-10)11-3-4-12-13(6-11)22-9-21-12/h3-4,6,10,15H,5,7-9H2,1-2H3/t10-/m0/s1. The van der Waals surface area contributed by atoms with Crippen LogP contribution in [-0.4, -0.2) is 52.6 Å². The molecule has 1 aromatic rings. The molecule has 3 rings (SSSR count). The second-order valence-electron chi connectivity index (χ2n) is 5.75. The van der Waals surface area contributed by atoms with Crippen molar-refractivity contribution in [2.24, 2.45) is 5.92 Å². The van der Waals surface area contributed by atoms with Crippen LogP contribution in [0.5, 0.6) is 11.5 Å². The van der Waals surface area contributed by atoms with E-state index in [0.717, 1.165) is 9.99 Å². The Kier molecular flexibility index (Phi) is 4.17. The van der Waals surface area contributed by atoms with Gasteiger partial charge in [-0.05, 0) is 18.1 Å². The van der Waals surface area contributed by atoms with Crippen molar-refractivity contribution < 1.29 is 22.7 Å². The average Bonchev–Trinajstić information content (AvgIpc) is 3.10. The van der Waals surface area contributed by atoms with Gasteiger partial charge in [-0.25, -0.2) is 4.72 Å². The van der Waals surface area contributed by atoms with Crippen molar-refractivity contribution >= 4 is 21.8 Å². The minimum Gasteiger partial charge on any atom is -0.454 e. The van der Waals surface area contributed by atoms with E-state index in [0.29, 0.717) is 24.5 Å². The number of rotatable bonds is 5. The zero-order chi connectivity index (χ0) is 16.6. The zero-order valence-corrected chi connectivity index (χ0v) is 13.8. The second kappa shape index (κ2) is 5.99. The molecule has 0 aliphatic carbocycles. The molecule has 126 valence electrons. The molecule has 0 saturated carbocycles. The number of amides is 1. The number of nitrogens with one attached hydrogen (secondary N) is 1. The summed E-state index contributed by atoms with van der Waals surface area (Å²) < 4.78 is 37.7. The molecule has 0 bridgehead atoms. The van der Waals surface area contributed by atoms with E-state index in [1.165, 1.54) is 14.1 Å². The van der Waals surface area contributed by atoms with Gasteiger partial charge in [0.1, 0.15) is 0 Å². The predicted octanol–water partition coefficient (Wildman–Crippen LogP) is 0.164. The van der Waals surface area contributed by atoms with Crippen molar-refractivity contribution in [3.63, 3.8) is 0 Å². The number of carbonyl (C=O) groups excluding carboxylic acids is 1. The van der Waals surface area contributed by atoms with E-state index in [-0.39, 0.29) is 25.2 Å². The molecule has 2 aliphatic heterocycles. The molecule has 1 aromatic carbocycles. The van der Waals surface area contributed by atoms with Crippen LogP contribution >= 0.6 is 0 Å². The highest BCUT2D eigenvalue weighted by molar-refractivity contribution is 7.87. The van der Waals surface area contributed by atoms with Gasteiger partial charge >= 0.3 is 0 Å². The van der Waals surface area contributed by atoms with E-state index in [1.54, 1.807) is 23.1 Å². The molecule has 2 aliphatic rings. The van der Waals surface area contributed by atoms with Gasteiger partial charge in [0.25, 0.3) is 10.2 Å². The fraction of sp³-hybridized carbons (Fsp3) is 0.500. The Bertz CT molecular complexity index is 719. The molecule has 1 amide bonds. The molecule has 1 fully saturated rings. The van der Waals surface area contributed by atoms with Crippen molar-refractivity contribution in [2.75, 3.05) is 38.9 Å². The zero-order valence-electron chi connectivity index (χ0n) is 13.0. The maximum Gasteiger partial charge on any atom is 0.278 e. The summed E-state index contributed by atoms with van der Waals surface area (Å²) in [4.78, 5) is 13.9. The van der Waals surface area contributed by atoms with Gasteiger partial charge < -0.3 is 14.4 Å². The molecule has 1 atom stereocenters. The molecular weight excluding hydrogens is 322 g/mol. The third-order valence-corrected chi connectivity index (χ3v) is 5.40. The summed E-state index contributed by atoms with van der Waals surface area (Å²) in [5, 5.41) is 0. The van der Waals surface area contributed by atoms with E-state index in [4.69, 9.17) is 9.47 Å². The summed E-state index contributed by atoms with van der Waals surface area (Å²) >= 11 is 0. The predicted molar refractivity (Wildman–Crippen MR) is 83.6 cm³/mol. The molecule has 8 nitrogen and oxygen atoms in total. The first-order valence-electron chi connectivity index (χ1n) is 7.24. The number of hydrogen-bond acceptors (Lipinski definition) is 5. The van der Waals surface area contributed by atoms with Crippen LogP contribution in [0.4, 0.5) is 5.69 Å². The number of anilines is 1. The topological polar surface area (TPSA) is 88.2 Å². The summed E-state index contributed by atoms with van der Waals surface area (Å²) in [5.74, 6) is 1.18. The van der Waals surface area contributed by atoms with Crippen molar-refractivity contribution in [3.05, 3.63) is 18.2 Å². The molecule has 2 heterocycles. The molecule has 0 unspecified atom stereocenters. The van der Waals surface area contributed by atoms with E-state index < -0.39 is 10.2 Å². The smallest absolute Gasteiger partial charge is 0.278 e. The van der Waals surface area contributed by atoms with Crippen LogP contribution in [0.2, 0.25) is 0 Å². The SMILES string of the molecule is CN(C)S(=O)(=O)NC[C@@H]1CC(=O)N(c2ccc3c(c2)OCO3)C1. The Morgan fingerprint density at radius 3 is 2.78 bits per heavy atom. The number of hydrogen-bond donors (Lipinski definition) is 1. The molecule has 1 N–H and O–H groups in total. The second-order valence-corrected chi connectivity index (χ2v) is 7.72. The Balaban J connectivity index is 1.66. The largest absolute Gasteiger partial charge is 0.454 e. The van der Waals surface area contributed by atoms with Crippen molar-refractivity contribution in [1.82, 2.24) is 9.03 Å². The van der Waals surface area contributed by atoms with Crippen LogP contribution < -0.4 is 19.1 Å². The van der Waals surface area contributed by atoms with Gasteiger partial charge in [-0.3, -0.25) is 4.79 Å². The van der Waals surface area contributed by atoms with Crippen LogP contribution in [0.15, 0.2) is 18.2 Å². The van der Waals surface area contributed by atoms with Gasteiger partial charge in [0.15, 0.2) is 11.5 Å². The monoisotopic (exact) mass is 341 g/mol. The minimum atomic E-state index is -3.48. The van der Waals surface area contributed by atoms with Gasteiger partial charge in [0.05, 0.1) is 0 Å². The third kappa shape index (κ3) is 3.26. The number of nitrogens with zero attached hydrogens (tertiary/aromatic N) is 2. The highest BCUT2D eigenvalue weighted by Crippen LogP contribution is 2.37. The molecule has 1 saturated heterocycles. The van der Waals surface area contributed by atoms with Crippen LogP contribution in [0.25, 0.3) is 0 Å².